The standard InChI is InChI=1S/C87H146O17P2/c1-5-9-13-17-21-25-29-32-35-38-40-43-45-48-52-55-59-63-67-71-84(89)97-77-82(103-86(91)73-69-65-61-57-51-28-24-20-16-12-8-4)79-101-105(93,94)99-75-81(88)76-100-106(95,96)102-80-83(104-87(92)74-70-66-62-58-54-50-47-42-37-34-31-27-23-19-15-11-7-3)78-98-85(90)72-68-64-60-56-53-49-46-44-41-39-36-33-30-26-22-18-14-10-6-2/h9-11,13-15,21-23,25-27,32-37,40-41,43-44,49,53,81-83,88H,5-8,12,16-20,24,28-31,38-39,42,45-48,50-52,54-80H2,1-4H3,(H,93,94)(H,95,96)/b13-9-,14-10-,15-11-,25-21-,26-22-,27-23-,35-32-,36-33-,37-34-,43-40-,44-41-,53-49-. The van der Waals surface area contributed by atoms with Crippen molar-refractivity contribution in [1.29, 1.82) is 0 Å². The van der Waals surface area contributed by atoms with Gasteiger partial charge in [0.05, 0.1) is 26.4 Å². The van der Waals surface area contributed by atoms with Crippen molar-refractivity contribution in [2.45, 2.75) is 341 Å². The van der Waals surface area contributed by atoms with Crippen LogP contribution in [0.15, 0.2) is 146 Å². The molecule has 0 saturated heterocycles. The fourth-order valence-electron chi connectivity index (χ4n) is 10.7. The second kappa shape index (κ2) is 78.1. The number of rotatable bonds is 76. The smallest absolute Gasteiger partial charge is 0.462 e. The molecule has 0 aromatic carbocycles. The van der Waals surface area contributed by atoms with Crippen LogP contribution in [0, 0.1) is 0 Å². The molecule has 0 aromatic rings. The summed E-state index contributed by atoms with van der Waals surface area (Å²) in [5, 5.41) is 10.7. The molecular formula is C87H146O17P2. The lowest BCUT2D eigenvalue weighted by Gasteiger charge is -2.21. The fourth-order valence-corrected chi connectivity index (χ4v) is 12.2. The largest absolute Gasteiger partial charge is 0.472 e. The first kappa shape index (κ1) is 101. The summed E-state index contributed by atoms with van der Waals surface area (Å²) in [7, 11) is -9.98. The summed E-state index contributed by atoms with van der Waals surface area (Å²) in [6, 6.07) is 0. The zero-order valence-corrected chi connectivity index (χ0v) is 68.1. The van der Waals surface area contributed by atoms with Gasteiger partial charge in [-0.15, -0.1) is 0 Å². The predicted molar refractivity (Wildman–Crippen MR) is 436 cm³/mol. The van der Waals surface area contributed by atoms with Gasteiger partial charge in [0.1, 0.15) is 19.3 Å². The number of carbonyl (C=O) groups excluding carboxylic acids is 4. The topological polar surface area (TPSA) is 237 Å². The molecule has 0 rings (SSSR count). The Kier molecular flexibility index (Phi) is 74.3. The first-order chi connectivity index (χ1) is 51.7. The van der Waals surface area contributed by atoms with Crippen molar-refractivity contribution >= 4 is 39.5 Å². The number of aliphatic hydroxyl groups is 1. The van der Waals surface area contributed by atoms with Gasteiger partial charge in [0, 0.05) is 25.7 Å². The Labute approximate surface area is 643 Å². The van der Waals surface area contributed by atoms with Crippen LogP contribution < -0.4 is 0 Å². The molecule has 0 aromatic heterocycles. The molecule has 0 aliphatic carbocycles. The van der Waals surface area contributed by atoms with Crippen molar-refractivity contribution in [3.63, 3.8) is 0 Å². The summed E-state index contributed by atoms with van der Waals surface area (Å²) >= 11 is 0. The number of hydrogen-bond acceptors (Lipinski definition) is 15. The van der Waals surface area contributed by atoms with Crippen molar-refractivity contribution in [3.05, 3.63) is 146 Å². The molecule has 0 fully saturated rings. The number of hydrogen-bond donors (Lipinski definition) is 3. The Balaban J connectivity index is 5.38. The van der Waals surface area contributed by atoms with Crippen LogP contribution in [0.5, 0.6) is 0 Å². The number of ether oxygens (including phenoxy) is 4. The molecule has 0 amide bonds. The van der Waals surface area contributed by atoms with Crippen LogP contribution in [-0.2, 0) is 65.4 Å². The quantitative estimate of drug-likeness (QED) is 0.0169. The lowest BCUT2D eigenvalue weighted by molar-refractivity contribution is -0.161. The van der Waals surface area contributed by atoms with E-state index in [2.05, 4.69) is 174 Å². The Morgan fingerprint density at radius 2 is 0.491 bits per heavy atom. The Bertz CT molecular complexity index is 2580. The van der Waals surface area contributed by atoms with Crippen molar-refractivity contribution in [3.8, 4) is 0 Å². The first-order valence-electron chi connectivity index (χ1n) is 41.1. The Morgan fingerprint density at radius 3 is 0.764 bits per heavy atom. The molecule has 3 N–H and O–H groups in total. The van der Waals surface area contributed by atoms with Gasteiger partial charge in [-0.05, 0) is 141 Å². The van der Waals surface area contributed by atoms with Crippen LogP contribution in [0.2, 0.25) is 0 Å². The van der Waals surface area contributed by atoms with E-state index in [-0.39, 0.29) is 25.7 Å². The molecule has 17 nitrogen and oxygen atoms in total. The molecule has 0 aliphatic heterocycles. The average molecular weight is 1530 g/mol. The normalized spacial score (nSPS) is 14.6. The number of esters is 4. The molecule has 0 saturated carbocycles. The van der Waals surface area contributed by atoms with E-state index >= 15 is 0 Å². The fraction of sp³-hybridized carbons (Fsp3) is 0.678. The number of phosphoric acid groups is 2. The van der Waals surface area contributed by atoms with Crippen molar-refractivity contribution in [1.82, 2.24) is 0 Å². The van der Waals surface area contributed by atoms with Crippen LogP contribution in [0.3, 0.4) is 0 Å². The third kappa shape index (κ3) is 77.1. The number of phosphoric ester groups is 2. The van der Waals surface area contributed by atoms with Crippen molar-refractivity contribution in [2.24, 2.45) is 0 Å². The van der Waals surface area contributed by atoms with Crippen LogP contribution in [0.25, 0.3) is 0 Å². The van der Waals surface area contributed by atoms with Crippen molar-refractivity contribution < 1.29 is 80.2 Å². The van der Waals surface area contributed by atoms with Gasteiger partial charge < -0.3 is 33.8 Å². The van der Waals surface area contributed by atoms with Gasteiger partial charge in [0.25, 0.3) is 0 Å². The molecule has 5 unspecified atom stereocenters. The van der Waals surface area contributed by atoms with E-state index < -0.39 is 97.5 Å². The van der Waals surface area contributed by atoms with Crippen LogP contribution in [0.4, 0.5) is 0 Å². The molecule has 5 atom stereocenters. The summed E-state index contributed by atoms with van der Waals surface area (Å²) in [6.45, 7) is 4.49. The third-order valence-electron chi connectivity index (χ3n) is 16.8. The van der Waals surface area contributed by atoms with Gasteiger partial charge in [0.2, 0.25) is 0 Å². The van der Waals surface area contributed by atoms with Gasteiger partial charge >= 0.3 is 39.5 Å². The number of allylic oxidation sites excluding steroid dienone is 24. The molecule has 0 aliphatic rings. The maximum absolute atomic E-state index is 13.1. The number of carbonyl (C=O) groups is 4. The molecule has 0 bridgehead atoms. The minimum absolute atomic E-state index is 0.0724. The van der Waals surface area contributed by atoms with Crippen LogP contribution >= 0.6 is 15.6 Å². The Morgan fingerprint density at radius 1 is 0.274 bits per heavy atom. The highest BCUT2D eigenvalue weighted by molar-refractivity contribution is 7.47. The van der Waals surface area contributed by atoms with Crippen LogP contribution in [-0.4, -0.2) is 96.7 Å². The van der Waals surface area contributed by atoms with Gasteiger partial charge in [-0.3, -0.25) is 37.3 Å². The minimum Gasteiger partial charge on any atom is -0.462 e. The molecule has 19 heteroatoms. The Hall–Kier alpha value is -5.06. The molecule has 606 valence electrons. The molecule has 0 radical (unpaired) electrons. The summed E-state index contributed by atoms with van der Waals surface area (Å²) in [6.07, 6.45) is 89.6. The molecular weight excluding hydrogens is 1380 g/mol. The van der Waals surface area contributed by atoms with E-state index in [0.717, 1.165) is 205 Å². The van der Waals surface area contributed by atoms with Gasteiger partial charge in [-0.2, -0.15) is 0 Å². The maximum atomic E-state index is 13.1. The molecule has 0 heterocycles. The first-order valence-corrected chi connectivity index (χ1v) is 44.1. The second-order valence-electron chi connectivity index (χ2n) is 26.9. The van der Waals surface area contributed by atoms with E-state index in [1.807, 2.05) is 0 Å². The summed E-state index contributed by atoms with van der Waals surface area (Å²) in [5.74, 6) is -2.23. The maximum Gasteiger partial charge on any atom is 0.472 e. The zero-order valence-electron chi connectivity index (χ0n) is 66.3. The lowest BCUT2D eigenvalue weighted by atomic mass is 10.1. The van der Waals surface area contributed by atoms with Crippen molar-refractivity contribution in [2.75, 3.05) is 39.6 Å². The molecule has 106 heavy (non-hydrogen) atoms. The van der Waals surface area contributed by atoms with Crippen LogP contribution in [0.1, 0.15) is 323 Å². The number of aliphatic hydroxyl groups excluding tert-OH is 1. The lowest BCUT2D eigenvalue weighted by Crippen LogP contribution is -2.30. The zero-order chi connectivity index (χ0) is 77.4. The van der Waals surface area contributed by atoms with E-state index in [4.69, 9.17) is 37.0 Å². The molecule has 0 spiro atoms. The van der Waals surface area contributed by atoms with Gasteiger partial charge in [-0.25, -0.2) is 9.13 Å². The number of unbranched alkanes of at least 4 members (excludes halogenated alkanes) is 26. The highest BCUT2D eigenvalue weighted by Gasteiger charge is 2.30. The van der Waals surface area contributed by atoms with E-state index in [1.165, 1.54) is 38.5 Å². The highest BCUT2D eigenvalue weighted by Crippen LogP contribution is 2.45. The highest BCUT2D eigenvalue weighted by atomic mass is 31.2. The third-order valence-corrected chi connectivity index (χ3v) is 18.7. The summed E-state index contributed by atoms with van der Waals surface area (Å²) in [5.41, 5.74) is 0. The summed E-state index contributed by atoms with van der Waals surface area (Å²) in [4.78, 5) is 73.1. The summed E-state index contributed by atoms with van der Waals surface area (Å²) < 4.78 is 68.6. The minimum atomic E-state index is -4.99. The van der Waals surface area contributed by atoms with E-state index in [9.17, 15) is 43.2 Å². The van der Waals surface area contributed by atoms with E-state index in [1.54, 1.807) is 0 Å². The second-order valence-corrected chi connectivity index (χ2v) is 29.8. The monoisotopic (exact) mass is 1530 g/mol. The van der Waals surface area contributed by atoms with Gasteiger partial charge in [0.15, 0.2) is 12.2 Å². The van der Waals surface area contributed by atoms with E-state index in [0.29, 0.717) is 25.7 Å². The SMILES string of the molecule is CC/C=C\C/C=C\C/C=C\C/C=C\C/C=C\CCCCCC(=O)OCC(COP(=O)(O)OCC(O)COP(=O)(O)OCC(COC(=O)CCCCCCCC/C=C\C/C=C\C/C=C\C/C=C\CC)OC(=O)CCCCCCCCCCCCC)OC(=O)CCCCCCCCC/C=C\C/C=C\C/C=C\CC. The average Bonchev–Trinajstić information content (AvgIpc) is 0.919. The van der Waals surface area contributed by atoms with Gasteiger partial charge in [-0.1, -0.05) is 302 Å². The predicted octanol–water partition coefficient (Wildman–Crippen LogP) is 24.2.